The maximum Gasteiger partial charge on any atom is 0.303 e. The summed E-state index contributed by atoms with van der Waals surface area (Å²) in [4.78, 5) is 23.5. The second-order valence-electron chi connectivity index (χ2n) is 7.56. The van der Waals surface area contributed by atoms with E-state index in [0.717, 1.165) is 17.5 Å². The largest absolute Gasteiger partial charge is 0.488 e. The molecule has 0 aliphatic rings. The van der Waals surface area contributed by atoms with Crippen LogP contribution in [-0.2, 0) is 24.2 Å². The number of carbonyl (C=O) groups is 2. The Morgan fingerprint density at radius 2 is 1.52 bits per heavy atom. The van der Waals surface area contributed by atoms with E-state index in [1.165, 1.54) is 5.56 Å². The van der Waals surface area contributed by atoms with Gasteiger partial charge in [0.15, 0.2) is 0 Å². The minimum atomic E-state index is -0.805. The van der Waals surface area contributed by atoms with Gasteiger partial charge in [-0.1, -0.05) is 66.7 Å². The molecule has 1 unspecified atom stereocenters. The molecule has 0 aliphatic carbocycles. The second kappa shape index (κ2) is 11.0. The molecule has 0 radical (unpaired) electrons. The van der Waals surface area contributed by atoms with Gasteiger partial charge in [-0.05, 0) is 48.6 Å². The van der Waals surface area contributed by atoms with Crippen LogP contribution in [0.2, 0.25) is 0 Å². The quantitative estimate of drug-likeness (QED) is 0.504. The number of nitrogens with one attached hydrogen (secondary N) is 1. The number of rotatable bonds is 10. The molecule has 3 rings (SSSR count). The molecular weight excluding hydrogens is 390 g/mol. The van der Waals surface area contributed by atoms with Gasteiger partial charge in [0.1, 0.15) is 12.4 Å². The molecule has 160 valence electrons. The van der Waals surface area contributed by atoms with Crippen molar-refractivity contribution in [3.63, 3.8) is 0 Å². The van der Waals surface area contributed by atoms with Gasteiger partial charge in [-0.3, -0.25) is 9.59 Å². The van der Waals surface area contributed by atoms with Crippen LogP contribution in [0.1, 0.15) is 40.4 Å². The minimum Gasteiger partial charge on any atom is -0.488 e. The first kappa shape index (κ1) is 22.1. The van der Waals surface area contributed by atoms with Crippen molar-refractivity contribution in [1.29, 1.82) is 0 Å². The standard InChI is InChI=1S/C26H27NO4/c1-19(17-21-7-3-2-4-8-21)27-26(30)23-9-5-6-10-24(23)31-18-22-13-11-20(12-14-22)15-16-25(28)29/h2-14,19H,15-18H2,1H3,(H,27,30)(H,28,29). The number of carbonyl (C=O) groups excluding carboxylic acids is 1. The zero-order chi connectivity index (χ0) is 22.1. The average molecular weight is 418 g/mol. The highest BCUT2D eigenvalue weighted by Crippen LogP contribution is 2.20. The molecule has 0 fully saturated rings. The number of ether oxygens (including phenoxy) is 1. The summed E-state index contributed by atoms with van der Waals surface area (Å²) in [5.74, 6) is -0.440. The Labute approximate surface area is 182 Å². The fourth-order valence-electron chi connectivity index (χ4n) is 3.31. The van der Waals surface area contributed by atoms with Crippen molar-refractivity contribution in [2.75, 3.05) is 0 Å². The van der Waals surface area contributed by atoms with Gasteiger partial charge in [-0.25, -0.2) is 0 Å². The number of aliphatic carboxylic acids is 1. The number of aryl methyl sites for hydroxylation is 1. The van der Waals surface area contributed by atoms with Crippen LogP contribution >= 0.6 is 0 Å². The van der Waals surface area contributed by atoms with Crippen LogP contribution in [0.4, 0.5) is 0 Å². The molecule has 5 heteroatoms. The van der Waals surface area contributed by atoms with Crippen molar-refractivity contribution >= 4 is 11.9 Å². The minimum absolute atomic E-state index is 0.0127. The monoisotopic (exact) mass is 417 g/mol. The molecule has 31 heavy (non-hydrogen) atoms. The van der Waals surface area contributed by atoms with Crippen molar-refractivity contribution in [2.45, 2.75) is 38.8 Å². The van der Waals surface area contributed by atoms with E-state index in [9.17, 15) is 9.59 Å². The van der Waals surface area contributed by atoms with Crippen molar-refractivity contribution in [1.82, 2.24) is 5.32 Å². The van der Waals surface area contributed by atoms with Gasteiger partial charge in [0, 0.05) is 12.5 Å². The molecule has 0 heterocycles. The predicted molar refractivity (Wildman–Crippen MR) is 120 cm³/mol. The van der Waals surface area contributed by atoms with Crippen LogP contribution in [0, 0.1) is 0 Å². The van der Waals surface area contributed by atoms with Crippen molar-refractivity contribution < 1.29 is 19.4 Å². The fraction of sp³-hybridized carbons (Fsp3) is 0.231. The highest BCUT2D eigenvalue weighted by Gasteiger charge is 2.15. The summed E-state index contributed by atoms with van der Waals surface area (Å²) in [7, 11) is 0. The van der Waals surface area contributed by atoms with E-state index >= 15 is 0 Å². The maximum absolute atomic E-state index is 12.8. The van der Waals surface area contributed by atoms with Crippen molar-refractivity contribution in [3.8, 4) is 5.75 Å². The SMILES string of the molecule is CC(Cc1ccccc1)NC(=O)c1ccccc1OCc1ccc(CCC(=O)O)cc1. The second-order valence-corrected chi connectivity index (χ2v) is 7.56. The molecule has 3 aromatic rings. The summed E-state index contributed by atoms with van der Waals surface area (Å²) in [6.45, 7) is 2.31. The Balaban J connectivity index is 1.58. The van der Waals surface area contributed by atoms with E-state index in [-0.39, 0.29) is 18.4 Å². The lowest BCUT2D eigenvalue weighted by molar-refractivity contribution is -0.136. The first-order chi connectivity index (χ1) is 15.0. The summed E-state index contributed by atoms with van der Waals surface area (Å²) in [5, 5.41) is 11.8. The molecule has 0 aliphatic heterocycles. The van der Waals surface area contributed by atoms with Gasteiger partial charge < -0.3 is 15.2 Å². The molecule has 0 aromatic heterocycles. The van der Waals surface area contributed by atoms with Gasteiger partial charge in [-0.15, -0.1) is 0 Å². The van der Waals surface area contributed by atoms with Crippen LogP contribution in [0.25, 0.3) is 0 Å². The molecule has 0 saturated carbocycles. The number of benzene rings is 3. The summed E-state index contributed by atoms with van der Waals surface area (Å²) in [6, 6.07) is 24.9. The molecule has 5 nitrogen and oxygen atoms in total. The molecule has 0 saturated heterocycles. The van der Waals surface area contributed by atoms with E-state index in [0.29, 0.717) is 24.3 Å². The lowest BCUT2D eigenvalue weighted by Crippen LogP contribution is -2.34. The lowest BCUT2D eigenvalue weighted by atomic mass is 10.1. The van der Waals surface area contributed by atoms with Crippen molar-refractivity contribution in [3.05, 3.63) is 101 Å². The van der Waals surface area contributed by atoms with Crippen LogP contribution in [-0.4, -0.2) is 23.0 Å². The number of carboxylic acid groups (broad SMARTS) is 1. The number of hydrogen-bond acceptors (Lipinski definition) is 3. The molecule has 1 atom stereocenters. The van der Waals surface area contributed by atoms with Gasteiger partial charge in [0.2, 0.25) is 0 Å². The topological polar surface area (TPSA) is 75.6 Å². The average Bonchev–Trinajstić information content (AvgIpc) is 2.77. The smallest absolute Gasteiger partial charge is 0.303 e. The van der Waals surface area contributed by atoms with Crippen molar-refractivity contribution in [2.24, 2.45) is 0 Å². The molecule has 0 spiro atoms. The fourth-order valence-corrected chi connectivity index (χ4v) is 3.31. The molecule has 1 amide bonds. The number of hydrogen-bond donors (Lipinski definition) is 2. The van der Waals surface area contributed by atoms with E-state index in [2.05, 4.69) is 5.32 Å². The van der Waals surface area contributed by atoms with Crippen LogP contribution in [0.15, 0.2) is 78.9 Å². The third-order valence-corrected chi connectivity index (χ3v) is 4.94. The number of para-hydroxylation sites is 1. The highest BCUT2D eigenvalue weighted by atomic mass is 16.5. The normalized spacial score (nSPS) is 11.5. The maximum atomic E-state index is 12.8. The summed E-state index contributed by atoms with van der Waals surface area (Å²) < 4.78 is 5.93. The van der Waals surface area contributed by atoms with Crippen LogP contribution in [0.3, 0.4) is 0 Å². The van der Waals surface area contributed by atoms with Crippen LogP contribution < -0.4 is 10.1 Å². The predicted octanol–water partition coefficient (Wildman–Crippen LogP) is 4.64. The number of carboxylic acids is 1. The Morgan fingerprint density at radius 1 is 0.871 bits per heavy atom. The van der Waals surface area contributed by atoms with E-state index in [1.807, 2.05) is 73.7 Å². The van der Waals surface area contributed by atoms with Gasteiger partial charge in [-0.2, -0.15) is 0 Å². The first-order valence-electron chi connectivity index (χ1n) is 10.4. The molecule has 0 bridgehead atoms. The van der Waals surface area contributed by atoms with E-state index in [4.69, 9.17) is 9.84 Å². The highest BCUT2D eigenvalue weighted by molar-refractivity contribution is 5.97. The first-order valence-corrected chi connectivity index (χ1v) is 10.4. The Morgan fingerprint density at radius 3 is 2.23 bits per heavy atom. The third kappa shape index (κ3) is 7.00. The Bertz CT molecular complexity index is 999. The van der Waals surface area contributed by atoms with E-state index < -0.39 is 5.97 Å². The lowest BCUT2D eigenvalue weighted by Gasteiger charge is -2.16. The van der Waals surface area contributed by atoms with Crippen LogP contribution in [0.5, 0.6) is 5.75 Å². The number of amides is 1. The molecule has 2 N–H and O–H groups in total. The third-order valence-electron chi connectivity index (χ3n) is 4.94. The summed E-state index contributed by atoms with van der Waals surface area (Å²) >= 11 is 0. The van der Waals surface area contributed by atoms with Gasteiger partial charge >= 0.3 is 5.97 Å². The zero-order valence-corrected chi connectivity index (χ0v) is 17.6. The Kier molecular flexibility index (Phi) is 7.82. The van der Waals surface area contributed by atoms with Gasteiger partial charge in [0.05, 0.1) is 5.56 Å². The van der Waals surface area contributed by atoms with Gasteiger partial charge in [0.25, 0.3) is 5.91 Å². The summed E-state index contributed by atoms with van der Waals surface area (Å²) in [5.41, 5.74) is 3.59. The zero-order valence-electron chi connectivity index (χ0n) is 17.6. The summed E-state index contributed by atoms with van der Waals surface area (Å²) in [6.07, 6.45) is 1.37. The van der Waals surface area contributed by atoms with E-state index in [1.54, 1.807) is 12.1 Å². The Hall–Kier alpha value is -3.60. The molecule has 3 aromatic carbocycles. The molecular formula is C26H27NO4.